The molecule has 0 radical (unpaired) electrons. The zero-order valence-corrected chi connectivity index (χ0v) is 15.6. The molecule has 2 aromatic rings. The summed E-state index contributed by atoms with van der Waals surface area (Å²) in [6, 6.07) is 8.22. The van der Waals surface area contributed by atoms with E-state index in [0.29, 0.717) is 6.07 Å². The van der Waals surface area contributed by atoms with Crippen LogP contribution in [0.15, 0.2) is 47.4 Å². The summed E-state index contributed by atoms with van der Waals surface area (Å²) in [5, 5.41) is 2.47. The number of nitrogens with zero attached hydrogens (tertiary/aromatic N) is 2. The van der Waals surface area contributed by atoms with Gasteiger partial charge in [-0.2, -0.15) is 4.31 Å². The highest BCUT2D eigenvalue weighted by Crippen LogP contribution is 2.20. The maximum atomic E-state index is 13.6. The molecule has 0 bridgehead atoms. The minimum Gasteiger partial charge on any atom is -0.322 e. The van der Waals surface area contributed by atoms with Crippen molar-refractivity contribution in [2.24, 2.45) is 0 Å². The van der Waals surface area contributed by atoms with Crippen molar-refractivity contribution in [2.45, 2.75) is 4.90 Å². The molecule has 0 saturated carbocycles. The normalized spacial score (nSPS) is 16.1. The SMILES string of the molecule is O=C(CN1CCN(S(=O)(=O)c2ccc(F)c(F)c2)CC1)Nc1ccccc1F. The van der Waals surface area contributed by atoms with Crippen LogP contribution in [0.1, 0.15) is 0 Å². The molecule has 0 spiro atoms. The van der Waals surface area contributed by atoms with Crippen molar-refractivity contribution in [3.63, 3.8) is 0 Å². The number of nitrogens with one attached hydrogen (secondary N) is 1. The van der Waals surface area contributed by atoms with E-state index in [4.69, 9.17) is 0 Å². The van der Waals surface area contributed by atoms with Crippen LogP contribution in [0.4, 0.5) is 18.9 Å². The van der Waals surface area contributed by atoms with E-state index in [2.05, 4.69) is 5.32 Å². The summed E-state index contributed by atoms with van der Waals surface area (Å²) in [5.74, 6) is -3.31. The van der Waals surface area contributed by atoms with Gasteiger partial charge in [-0.25, -0.2) is 21.6 Å². The number of hydrogen-bond donors (Lipinski definition) is 1. The van der Waals surface area contributed by atoms with Crippen molar-refractivity contribution in [2.75, 3.05) is 38.0 Å². The van der Waals surface area contributed by atoms with Crippen LogP contribution in [0.25, 0.3) is 0 Å². The molecule has 1 fully saturated rings. The third-order valence-corrected chi connectivity index (χ3v) is 6.27. The van der Waals surface area contributed by atoms with Gasteiger partial charge in [-0.05, 0) is 30.3 Å². The van der Waals surface area contributed by atoms with Crippen LogP contribution in [-0.4, -0.2) is 56.3 Å². The molecule has 10 heteroatoms. The number of amides is 1. The average molecular weight is 413 g/mol. The predicted molar refractivity (Wildman–Crippen MR) is 96.6 cm³/mol. The van der Waals surface area contributed by atoms with Crippen molar-refractivity contribution >= 4 is 21.6 Å². The second kappa shape index (κ2) is 8.29. The van der Waals surface area contributed by atoms with Crippen LogP contribution in [0.3, 0.4) is 0 Å². The van der Waals surface area contributed by atoms with Gasteiger partial charge in [0.25, 0.3) is 0 Å². The zero-order chi connectivity index (χ0) is 20.3. The number of anilines is 1. The largest absolute Gasteiger partial charge is 0.322 e. The minimum atomic E-state index is -3.96. The Morgan fingerprint density at radius 1 is 0.929 bits per heavy atom. The van der Waals surface area contributed by atoms with Gasteiger partial charge in [-0.15, -0.1) is 0 Å². The number of carbonyl (C=O) groups excluding carboxylic acids is 1. The molecule has 0 unspecified atom stereocenters. The van der Waals surface area contributed by atoms with Crippen LogP contribution >= 0.6 is 0 Å². The summed E-state index contributed by atoms with van der Waals surface area (Å²) in [6.07, 6.45) is 0. The highest BCUT2D eigenvalue weighted by atomic mass is 32.2. The maximum Gasteiger partial charge on any atom is 0.243 e. The fraction of sp³-hybridized carbons (Fsp3) is 0.278. The third kappa shape index (κ3) is 4.51. The second-order valence-corrected chi connectivity index (χ2v) is 8.22. The number of sulfonamides is 1. The van der Waals surface area contributed by atoms with Gasteiger partial charge in [0.1, 0.15) is 5.82 Å². The lowest BCUT2D eigenvalue weighted by molar-refractivity contribution is -0.117. The topological polar surface area (TPSA) is 69.7 Å². The summed E-state index contributed by atoms with van der Waals surface area (Å²) in [7, 11) is -3.96. The van der Waals surface area contributed by atoms with E-state index in [0.717, 1.165) is 16.4 Å². The molecule has 1 aliphatic rings. The third-order valence-electron chi connectivity index (χ3n) is 4.38. The Labute approximate surface area is 160 Å². The number of benzene rings is 2. The molecule has 1 N–H and O–H groups in total. The van der Waals surface area contributed by atoms with Crippen molar-refractivity contribution in [3.05, 3.63) is 59.9 Å². The van der Waals surface area contributed by atoms with Crippen molar-refractivity contribution in [3.8, 4) is 0 Å². The van der Waals surface area contributed by atoms with Crippen molar-refractivity contribution < 1.29 is 26.4 Å². The number of para-hydroxylation sites is 1. The van der Waals surface area contributed by atoms with E-state index in [1.165, 1.54) is 18.2 Å². The number of halogens is 3. The number of hydrogen-bond acceptors (Lipinski definition) is 4. The van der Waals surface area contributed by atoms with E-state index in [-0.39, 0.29) is 43.3 Å². The second-order valence-electron chi connectivity index (χ2n) is 6.28. The minimum absolute atomic E-state index is 0.0204. The van der Waals surface area contributed by atoms with E-state index in [1.54, 1.807) is 11.0 Å². The Kier molecular flexibility index (Phi) is 6.01. The smallest absolute Gasteiger partial charge is 0.243 e. The van der Waals surface area contributed by atoms with E-state index >= 15 is 0 Å². The summed E-state index contributed by atoms with van der Waals surface area (Å²) in [6.45, 7) is 0.706. The first-order chi connectivity index (χ1) is 13.3. The first-order valence-electron chi connectivity index (χ1n) is 8.49. The highest BCUT2D eigenvalue weighted by molar-refractivity contribution is 7.89. The predicted octanol–water partition coefficient (Wildman–Crippen LogP) is 2.05. The quantitative estimate of drug-likeness (QED) is 0.815. The number of rotatable bonds is 5. The molecule has 1 aliphatic heterocycles. The lowest BCUT2D eigenvalue weighted by Gasteiger charge is -2.33. The van der Waals surface area contributed by atoms with Crippen molar-refractivity contribution in [1.29, 1.82) is 0 Å². The maximum absolute atomic E-state index is 13.6. The van der Waals surface area contributed by atoms with Crippen molar-refractivity contribution in [1.82, 2.24) is 9.21 Å². The molecule has 3 rings (SSSR count). The molecule has 1 saturated heterocycles. The average Bonchev–Trinajstić information content (AvgIpc) is 2.66. The lowest BCUT2D eigenvalue weighted by Crippen LogP contribution is -2.50. The Balaban J connectivity index is 1.57. The molecule has 150 valence electrons. The monoisotopic (exact) mass is 413 g/mol. The van der Waals surface area contributed by atoms with Crippen LogP contribution in [0.2, 0.25) is 0 Å². The van der Waals surface area contributed by atoms with Gasteiger partial charge in [0.2, 0.25) is 15.9 Å². The molecule has 6 nitrogen and oxygen atoms in total. The van der Waals surface area contributed by atoms with Crippen LogP contribution < -0.4 is 5.32 Å². The van der Waals surface area contributed by atoms with E-state index < -0.39 is 33.4 Å². The van der Waals surface area contributed by atoms with Gasteiger partial charge in [-0.1, -0.05) is 12.1 Å². The van der Waals surface area contributed by atoms with Gasteiger partial charge in [0.15, 0.2) is 11.6 Å². The summed E-state index contributed by atoms with van der Waals surface area (Å²) in [4.78, 5) is 13.5. The summed E-state index contributed by atoms with van der Waals surface area (Å²) < 4.78 is 66.2. The molecule has 1 heterocycles. The fourth-order valence-corrected chi connectivity index (χ4v) is 4.30. The Hall–Kier alpha value is -2.43. The van der Waals surface area contributed by atoms with E-state index in [1.807, 2.05) is 0 Å². The van der Waals surface area contributed by atoms with Gasteiger partial charge in [0.05, 0.1) is 17.1 Å². The summed E-state index contributed by atoms with van der Waals surface area (Å²) in [5.41, 5.74) is 0.0760. The van der Waals surface area contributed by atoms with Gasteiger partial charge in [-0.3, -0.25) is 9.69 Å². The Bertz CT molecular complexity index is 977. The molecule has 1 amide bonds. The molecule has 0 aliphatic carbocycles. The molecule has 2 aromatic carbocycles. The summed E-state index contributed by atoms with van der Waals surface area (Å²) >= 11 is 0. The van der Waals surface area contributed by atoms with Crippen LogP contribution in [-0.2, 0) is 14.8 Å². The highest BCUT2D eigenvalue weighted by Gasteiger charge is 2.29. The van der Waals surface area contributed by atoms with E-state index in [9.17, 15) is 26.4 Å². The molecular weight excluding hydrogens is 395 g/mol. The Morgan fingerprint density at radius 3 is 2.25 bits per heavy atom. The molecular formula is C18H18F3N3O3S. The fourth-order valence-electron chi connectivity index (χ4n) is 2.87. The Morgan fingerprint density at radius 2 is 1.61 bits per heavy atom. The standard InChI is InChI=1S/C18H18F3N3O3S/c19-14-6-5-13(11-16(14)21)28(26,27)24-9-7-23(8-10-24)12-18(25)22-17-4-2-1-3-15(17)20/h1-6,11H,7-10,12H2,(H,22,25). The molecule has 0 aromatic heterocycles. The van der Waals surface area contributed by atoms with Gasteiger partial charge < -0.3 is 5.32 Å². The van der Waals surface area contributed by atoms with Crippen LogP contribution in [0.5, 0.6) is 0 Å². The van der Waals surface area contributed by atoms with Gasteiger partial charge >= 0.3 is 0 Å². The zero-order valence-electron chi connectivity index (χ0n) is 14.7. The molecule has 28 heavy (non-hydrogen) atoms. The van der Waals surface area contributed by atoms with Gasteiger partial charge in [0, 0.05) is 26.2 Å². The number of carbonyl (C=O) groups is 1. The first kappa shape index (κ1) is 20.3. The number of piperazine rings is 1. The first-order valence-corrected chi connectivity index (χ1v) is 9.93. The molecule has 0 atom stereocenters. The lowest BCUT2D eigenvalue weighted by atomic mass is 10.3. The van der Waals surface area contributed by atoms with Crippen LogP contribution in [0, 0.1) is 17.5 Å².